The van der Waals surface area contributed by atoms with Crippen molar-refractivity contribution in [2.45, 2.75) is 39.8 Å². The number of aromatic nitrogens is 5. The fourth-order valence-electron chi connectivity index (χ4n) is 1.98. The molecule has 0 saturated heterocycles. The highest BCUT2D eigenvalue weighted by Gasteiger charge is 2.17. The van der Waals surface area contributed by atoms with Crippen molar-refractivity contribution in [1.82, 2.24) is 28.8 Å². The third-order valence-corrected chi connectivity index (χ3v) is 3.30. The maximum atomic E-state index is 4.37. The van der Waals surface area contributed by atoms with Crippen LogP contribution in [0.25, 0.3) is 0 Å². The summed E-state index contributed by atoms with van der Waals surface area (Å²) in [5.74, 6) is 1.55. The Morgan fingerprint density at radius 2 is 2.26 bits per heavy atom. The highest BCUT2D eigenvalue weighted by molar-refractivity contribution is 6.99. The second-order valence-electron chi connectivity index (χ2n) is 4.90. The normalized spacial score (nSPS) is 13.1. The SMILES string of the molecule is CCNC(Cc1ncnn1CC(C)C)c1cnsn1. The molecular formula is C12H20N6S. The molecule has 6 nitrogen and oxygen atoms in total. The fourth-order valence-corrected chi connectivity index (χ4v) is 2.45. The quantitative estimate of drug-likeness (QED) is 0.835. The van der Waals surface area contributed by atoms with E-state index in [1.165, 1.54) is 11.7 Å². The van der Waals surface area contributed by atoms with Gasteiger partial charge in [0.1, 0.15) is 12.2 Å². The largest absolute Gasteiger partial charge is 0.308 e. The predicted octanol–water partition coefficient (Wildman–Crippen LogP) is 1.68. The summed E-state index contributed by atoms with van der Waals surface area (Å²) in [6.45, 7) is 8.23. The lowest BCUT2D eigenvalue weighted by Gasteiger charge is -2.16. The minimum Gasteiger partial charge on any atom is -0.308 e. The maximum absolute atomic E-state index is 4.37. The molecule has 0 aliphatic heterocycles. The molecule has 2 aromatic rings. The molecule has 0 fully saturated rings. The van der Waals surface area contributed by atoms with Gasteiger partial charge in [0.15, 0.2) is 0 Å². The summed E-state index contributed by atoms with van der Waals surface area (Å²) >= 11 is 1.24. The molecule has 1 N–H and O–H groups in total. The van der Waals surface area contributed by atoms with Crippen molar-refractivity contribution in [3.8, 4) is 0 Å². The van der Waals surface area contributed by atoms with Crippen LogP contribution in [0.4, 0.5) is 0 Å². The topological polar surface area (TPSA) is 68.5 Å². The van der Waals surface area contributed by atoms with Gasteiger partial charge in [0.05, 0.1) is 29.7 Å². The molecule has 0 radical (unpaired) electrons. The molecule has 7 heteroatoms. The molecule has 104 valence electrons. The minimum absolute atomic E-state index is 0.152. The van der Waals surface area contributed by atoms with E-state index in [0.29, 0.717) is 5.92 Å². The Kier molecular flexibility index (Phi) is 4.98. The number of likely N-dealkylation sites (N-methyl/N-ethyl adjacent to an activating group) is 1. The number of hydrogen-bond donors (Lipinski definition) is 1. The molecule has 0 bridgehead atoms. The summed E-state index contributed by atoms with van der Waals surface area (Å²) < 4.78 is 10.4. The molecule has 0 saturated carbocycles. The Hall–Kier alpha value is -1.34. The van der Waals surface area contributed by atoms with Crippen LogP contribution in [0.1, 0.15) is 38.3 Å². The van der Waals surface area contributed by atoms with Crippen molar-refractivity contribution < 1.29 is 0 Å². The van der Waals surface area contributed by atoms with Crippen molar-refractivity contribution in [3.05, 3.63) is 24.0 Å². The Morgan fingerprint density at radius 1 is 1.42 bits per heavy atom. The highest BCUT2D eigenvalue weighted by atomic mass is 32.1. The molecule has 19 heavy (non-hydrogen) atoms. The lowest BCUT2D eigenvalue weighted by atomic mass is 10.1. The van der Waals surface area contributed by atoms with E-state index in [-0.39, 0.29) is 6.04 Å². The van der Waals surface area contributed by atoms with Gasteiger partial charge in [-0.1, -0.05) is 20.8 Å². The first kappa shape index (κ1) is 14.1. The molecule has 0 aliphatic carbocycles. The Morgan fingerprint density at radius 3 is 2.89 bits per heavy atom. The van der Waals surface area contributed by atoms with Crippen molar-refractivity contribution in [1.29, 1.82) is 0 Å². The van der Waals surface area contributed by atoms with Crippen LogP contribution in [0, 0.1) is 5.92 Å². The number of rotatable bonds is 7. The zero-order chi connectivity index (χ0) is 13.7. The van der Waals surface area contributed by atoms with E-state index in [1.807, 2.05) is 10.9 Å². The van der Waals surface area contributed by atoms with E-state index >= 15 is 0 Å². The van der Waals surface area contributed by atoms with E-state index in [9.17, 15) is 0 Å². The molecule has 1 atom stereocenters. The Balaban J connectivity index is 2.11. The fraction of sp³-hybridized carbons (Fsp3) is 0.667. The van der Waals surface area contributed by atoms with E-state index < -0.39 is 0 Å². The van der Waals surface area contributed by atoms with E-state index in [1.54, 1.807) is 6.33 Å². The van der Waals surface area contributed by atoms with Gasteiger partial charge in [-0.3, -0.25) is 0 Å². The second-order valence-corrected chi connectivity index (χ2v) is 5.46. The van der Waals surface area contributed by atoms with Crippen LogP contribution in [-0.4, -0.2) is 30.1 Å². The summed E-state index contributed by atoms with van der Waals surface area (Å²) in [6, 6.07) is 0.152. The van der Waals surface area contributed by atoms with Crippen molar-refractivity contribution in [2.24, 2.45) is 5.92 Å². The minimum atomic E-state index is 0.152. The van der Waals surface area contributed by atoms with E-state index in [2.05, 4.69) is 44.9 Å². The third-order valence-electron chi connectivity index (χ3n) is 2.81. The Bertz CT molecular complexity index is 478. The molecule has 0 aliphatic rings. The Labute approximate surface area is 117 Å². The zero-order valence-electron chi connectivity index (χ0n) is 11.6. The molecule has 0 amide bonds. The van der Waals surface area contributed by atoms with Crippen LogP contribution in [0.15, 0.2) is 12.5 Å². The van der Waals surface area contributed by atoms with E-state index in [4.69, 9.17) is 0 Å². The molecule has 1 unspecified atom stereocenters. The molecular weight excluding hydrogens is 260 g/mol. The van der Waals surface area contributed by atoms with Gasteiger partial charge in [-0.05, 0) is 12.5 Å². The zero-order valence-corrected chi connectivity index (χ0v) is 12.4. The highest BCUT2D eigenvalue weighted by Crippen LogP contribution is 2.16. The second kappa shape index (κ2) is 6.72. The van der Waals surface area contributed by atoms with Gasteiger partial charge < -0.3 is 5.32 Å². The van der Waals surface area contributed by atoms with E-state index in [0.717, 1.165) is 31.0 Å². The van der Waals surface area contributed by atoms with Crippen LogP contribution < -0.4 is 5.32 Å². The molecule has 2 heterocycles. The van der Waals surface area contributed by atoms with Crippen molar-refractivity contribution >= 4 is 11.7 Å². The summed E-state index contributed by atoms with van der Waals surface area (Å²) in [5.41, 5.74) is 0.978. The van der Waals surface area contributed by atoms with Crippen LogP contribution in [0.3, 0.4) is 0 Å². The van der Waals surface area contributed by atoms with Gasteiger partial charge in [-0.25, -0.2) is 9.67 Å². The summed E-state index contributed by atoms with van der Waals surface area (Å²) in [6.07, 6.45) is 4.23. The predicted molar refractivity (Wildman–Crippen MR) is 74.9 cm³/mol. The maximum Gasteiger partial charge on any atom is 0.138 e. The molecule has 0 spiro atoms. The monoisotopic (exact) mass is 280 g/mol. The smallest absolute Gasteiger partial charge is 0.138 e. The molecule has 0 aromatic carbocycles. The first-order valence-electron chi connectivity index (χ1n) is 6.58. The average Bonchev–Trinajstić information content (AvgIpc) is 3.00. The van der Waals surface area contributed by atoms with Gasteiger partial charge in [-0.15, -0.1) is 0 Å². The summed E-state index contributed by atoms with van der Waals surface area (Å²) in [5, 5.41) is 7.72. The standard InChI is InChI=1S/C12H20N6S/c1-4-13-10(11-6-16-19-17-11)5-12-14-8-15-18(12)7-9(2)3/h6,8-10,13H,4-5,7H2,1-3H3. The lowest BCUT2D eigenvalue weighted by molar-refractivity contribution is 0.445. The number of hydrogen-bond acceptors (Lipinski definition) is 6. The summed E-state index contributed by atoms with van der Waals surface area (Å²) in [4.78, 5) is 4.37. The van der Waals surface area contributed by atoms with Crippen LogP contribution >= 0.6 is 11.7 Å². The van der Waals surface area contributed by atoms with Gasteiger partial charge in [-0.2, -0.15) is 13.8 Å². The van der Waals surface area contributed by atoms with Crippen molar-refractivity contribution in [2.75, 3.05) is 6.54 Å². The summed E-state index contributed by atoms with van der Waals surface area (Å²) in [7, 11) is 0. The number of nitrogens with zero attached hydrogens (tertiary/aromatic N) is 5. The lowest BCUT2D eigenvalue weighted by Crippen LogP contribution is -2.25. The van der Waals surface area contributed by atoms with Gasteiger partial charge >= 0.3 is 0 Å². The van der Waals surface area contributed by atoms with Crippen LogP contribution in [0.2, 0.25) is 0 Å². The molecule has 2 aromatic heterocycles. The van der Waals surface area contributed by atoms with Gasteiger partial charge in [0.2, 0.25) is 0 Å². The first-order chi connectivity index (χ1) is 9.20. The van der Waals surface area contributed by atoms with Gasteiger partial charge in [0, 0.05) is 13.0 Å². The average molecular weight is 280 g/mol. The third kappa shape index (κ3) is 3.81. The first-order valence-corrected chi connectivity index (χ1v) is 7.31. The molecule has 2 rings (SSSR count). The van der Waals surface area contributed by atoms with Crippen molar-refractivity contribution in [3.63, 3.8) is 0 Å². The van der Waals surface area contributed by atoms with Gasteiger partial charge in [0.25, 0.3) is 0 Å². The number of nitrogens with one attached hydrogen (secondary N) is 1. The van der Waals surface area contributed by atoms with Crippen LogP contribution in [0.5, 0.6) is 0 Å². The van der Waals surface area contributed by atoms with Crippen LogP contribution in [-0.2, 0) is 13.0 Å².